The van der Waals surface area contributed by atoms with Gasteiger partial charge in [0.15, 0.2) is 0 Å². The van der Waals surface area contributed by atoms with Crippen LogP contribution in [0.1, 0.15) is 13.3 Å². The first-order valence-corrected chi connectivity index (χ1v) is 5.90. The largest absolute Gasteiger partial charge is 0.469 e. The van der Waals surface area contributed by atoms with Gasteiger partial charge in [0.25, 0.3) is 0 Å². The maximum Gasteiger partial charge on any atom is 0.307 e. The van der Waals surface area contributed by atoms with E-state index in [1.807, 2.05) is 6.92 Å². The normalized spacial score (nSPS) is 24.9. The molecule has 1 saturated heterocycles. The first-order chi connectivity index (χ1) is 7.13. The van der Waals surface area contributed by atoms with E-state index in [2.05, 4.69) is 15.4 Å². The standard InChI is InChI=1S/C9H16N2O3S/c1-6-11-7(5-15-6)9(13)10-4-3-8(12)14-2/h6-7,11H,3-5H2,1-2H3,(H,10,13). The lowest BCUT2D eigenvalue weighted by Gasteiger charge is -2.10. The topological polar surface area (TPSA) is 67.4 Å². The van der Waals surface area contributed by atoms with Crippen LogP contribution in [-0.4, -0.2) is 42.7 Å². The Bertz CT molecular complexity index is 248. The molecule has 15 heavy (non-hydrogen) atoms. The van der Waals surface area contributed by atoms with E-state index < -0.39 is 0 Å². The summed E-state index contributed by atoms with van der Waals surface area (Å²) in [4.78, 5) is 22.3. The molecule has 0 radical (unpaired) electrons. The Hall–Kier alpha value is -0.750. The second kappa shape index (κ2) is 5.97. The molecule has 1 aliphatic heterocycles. The molecule has 0 aromatic rings. The Kier molecular flexibility index (Phi) is 4.90. The van der Waals surface area contributed by atoms with Gasteiger partial charge in [-0.15, -0.1) is 11.8 Å². The number of thioether (sulfide) groups is 1. The molecule has 6 heteroatoms. The van der Waals surface area contributed by atoms with Crippen LogP contribution in [0.3, 0.4) is 0 Å². The molecule has 1 amide bonds. The van der Waals surface area contributed by atoms with Gasteiger partial charge in [-0.25, -0.2) is 0 Å². The third-order valence-electron chi connectivity index (χ3n) is 2.12. The first kappa shape index (κ1) is 12.3. The van der Waals surface area contributed by atoms with Crippen molar-refractivity contribution in [3.63, 3.8) is 0 Å². The Morgan fingerprint density at radius 2 is 2.33 bits per heavy atom. The summed E-state index contributed by atoms with van der Waals surface area (Å²) in [7, 11) is 1.33. The van der Waals surface area contributed by atoms with Crippen molar-refractivity contribution in [1.82, 2.24) is 10.6 Å². The van der Waals surface area contributed by atoms with Gasteiger partial charge in [0, 0.05) is 12.3 Å². The summed E-state index contributed by atoms with van der Waals surface area (Å²) in [6.07, 6.45) is 0.220. The molecule has 1 heterocycles. The maximum atomic E-state index is 11.5. The van der Waals surface area contributed by atoms with Gasteiger partial charge < -0.3 is 10.1 Å². The lowest BCUT2D eigenvalue weighted by atomic mass is 10.3. The van der Waals surface area contributed by atoms with Crippen molar-refractivity contribution in [2.45, 2.75) is 24.8 Å². The summed E-state index contributed by atoms with van der Waals surface area (Å²) in [5, 5.41) is 6.16. The highest BCUT2D eigenvalue weighted by atomic mass is 32.2. The van der Waals surface area contributed by atoms with Crippen LogP contribution in [0.25, 0.3) is 0 Å². The van der Waals surface area contributed by atoms with Crippen molar-refractivity contribution < 1.29 is 14.3 Å². The Balaban J connectivity index is 2.16. The third-order valence-corrected chi connectivity index (χ3v) is 3.28. The number of esters is 1. The molecule has 1 rings (SSSR count). The number of carbonyl (C=O) groups excluding carboxylic acids is 2. The number of carbonyl (C=O) groups is 2. The molecule has 1 aliphatic rings. The average Bonchev–Trinajstić information content (AvgIpc) is 2.64. The van der Waals surface area contributed by atoms with Gasteiger partial charge in [-0.05, 0) is 6.92 Å². The SMILES string of the molecule is COC(=O)CCNC(=O)C1CSC(C)N1. The zero-order valence-corrected chi connectivity index (χ0v) is 9.73. The molecule has 86 valence electrons. The van der Waals surface area contributed by atoms with Gasteiger partial charge in [0.05, 0.1) is 24.9 Å². The molecule has 0 saturated carbocycles. The van der Waals surface area contributed by atoms with Crippen molar-refractivity contribution in [3.8, 4) is 0 Å². The van der Waals surface area contributed by atoms with Crippen LogP contribution in [-0.2, 0) is 14.3 Å². The molecule has 0 bridgehead atoms. The van der Waals surface area contributed by atoms with Crippen LogP contribution in [0.2, 0.25) is 0 Å². The van der Waals surface area contributed by atoms with E-state index in [-0.39, 0.29) is 24.3 Å². The average molecular weight is 232 g/mol. The zero-order valence-electron chi connectivity index (χ0n) is 8.91. The molecule has 0 spiro atoms. The highest BCUT2D eigenvalue weighted by Crippen LogP contribution is 2.17. The fraction of sp³-hybridized carbons (Fsp3) is 0.778. The van der Waals surface area contributed by atoms with Crippen LogP contribution < -0.4 is 10.6 Å². The lowest BCUT2D eigenvalue weighted by molar-refractivity contribution is -0.140. The van der Waals surface area contributed by atoms with Crippen molar-refractivity contribution >= 4 is 23.6 Å². The Labute approximate surface area is 93.3 Å². The monoisotopic (exact) mass is 232 g/mol. The number of amides is 1. The number of rotatable bonds is 4. The van der Waals surface area contributed by atoms with Gasteiger partial charge in [-0.2, -0.15) is 0 Å². The molecule has 0 aromatic heterocycles. The summed E-state index contributed by atoms with van der Waals surface area (Å²) in [5.41, 5.74) is 0. The fourth-order valence-electron chi connectivity index (χ4n) is 1.28. The number of hydrogen-bond donors (Lipinski definition) is 2. The Morgan fingerprint density at radius 3 is 2.87 bits per heavy atom. The summed E-state index contributed by atoms with van der Waals surface area (Å²) in [5.74, 6) is 0.429. The quantitative estimate of drug-likeness (QED) is 0.652. The second-order valence-corrected chi connectivity index (χ2v) is 4.69. The number of methoxy groups -OCH3 is 1. The van der Waals surface area contributed by atoms with Gasteiger partial charge >= 0.3 is 5.97 Å². The number of hydrogen-bond acceptors (Lipinski definition) is 5. The third kappa shape index (κ3) is 4.09. The summed E-state index contributed by atoms with van der Waals surface area (Å²) in [6.45, 7) is 2.36. The summed E-state index contributed by atoms with van der Waals surface area (Å²) < 4.78 is 4.46. The highest BCUT2D eigenvalue weighted by Gasteiger charge is 2.26. The predicted octanol–water partition coefficient (Wildman–Crippen LogP) is -0.283. The smallest absolute Gasteiger partial charge is 0.307 e. The Morgan fingerprint density at radius 1 is 1.60 bits per heavy atom. The first-order valence-electron chi connectivity index (χ1n) is 4.85. The van der Waals surface area contributed by atoms with Crippen LogP contribution in [0.4, 0.5) is 0 Å². The van der Waals surface area contributed by atoms with E-state index in [4.69, 9.17) is 0 Å². The van der Waals surface area contributed by atoms with Crippen LogP contribution in [0.15, 0.2) is 0 Å². The fourth-order valence-corrected chi connectivity index (χ4v) is 2.27. The van der Waals surface area contributed by atoms with Crippen LogP contribution >= 0.6 is 11.8 Å². The second-order valence-electron chi connectivity index (χ2n) is 3.31. The highest BCUT2D eigenvalue weighted by molar-refractivity contribution is 8.00. The van der Waals surface area contributed by atoms with Crippen molar-refractivity contribution in [2.75, 3.05) is 19.4 Å². The zero-order chi connectivity index (χ0) is 11.3. The van der Waals surface area contributed by atoms with E-state index in [1.165, 1.54) is 7.11 Å². The minimum absolute atomic E-state index is 0.0456. The van der Waals surface area contributed by atoms with Crippen LogP contribution in [0.5, 0.6) is 0 Å². The van der Waals surface area contributed by atoms with E-state index in [9.17, 15) is 9.59 Å². The summed E-state index contributed by atoms with van der Waals surface area (Å²) in [6, 6.07) is -0.136. The molecule has 2 N–H and O–H groups in total. The van der Waals surface area contributed by atoms with Gasteiger partial charge in [-0.3, -0.25) is 14.9 Å². The van der Waals surface area contributed by atoms with Crippen molar-refractivity contribution in [2.24, 2.45) is 0 Å². The van der Waals surface area contributed by atoms with Crippen molar-refractivity contribution in [1.29, 1.82) is 0 Å². The van der Waals surface area contributed by atoms with E-state index in [0.717, 1.165) is 5.75 Å². The van der Waals surface area contributed by atoms with E-state index >= 15 is 0 Å². The van der Waals surface area contributed by atoms with Crippen molar-refractivity contribution in [3.05, 3.63) is 0 Å². The van der Waals surface area contributed by atoms with E-state index in [1.54, 1.807) is 11.8 Å². The number of nitrogens with one attached hydrogen (secondary N) is 2. The molecule has 0 aromatic carbocycles. The molecule has 2 unspecified atom stereocenters. The molecule has 1 fully saturated rings. The summed E-state index contributed by atoms with van der Waals surface area (Å²) >= 11 is 1.71. The molecule has 5 nitrogen and oxygen atoms in total. The minimum atomic E-state index is -0.308. The van der Waals surface area contributed by atoms with E-state index in [0.29, 0.717) is 11.9 Å². The lowest BCUT2D eigenvalue weighted by Crippen LogP contribution is -2.44. The molecule has 2 atom stereocenters. The minimum Gasteiger partial charge on any atom is -0.469 e. The molecular formula is C9H16N2O3S. The van der Waals surface area contributed by atoms with Gasteiger partial charge in [0.1, 0.15) is 0 Å². The van der Waals surface area contributed by atoms with Crippen LogP contribution in [0, 0.1) is 0 Å². The number of ether oxygens (including phenoxy) is 1. The molecular weight excluding hydrogens is 216 g/mol. The maximum absolute atomic E-state index is 11.5. The molecule has 0 aliphatic carbocycles. The predicted molar refractivity (Wildman–Crippen MR) is 58.5 cm³/mol. The van der Waals surface area contributed by atoms with Gasteiger partial charge in [0.2, 0.25) is 5.91 Å². The van der Waals surface area contributed by atoms with Gasteiger partial charge in [-0.1, -0.05) is 0 Å².